The van der Waals surface area contributed by atoms with Crippen molar-refractivity contribution in [1.82, 2.24) is 9.55 Å². The number of hydrogen-bond donors (Lipinski definition) is 0. The van der Waals surface area contributed by atoms with Gasteiger partial charge in [-0.15, -0.1) is 11.8 Å². The molecule has 1 unspecified atom stereocenters. The van der Waals surface area contributed by atoms with Gasteiger partial charge in [0.2, 0.25) is 0 Å². The third kappa shape index (κ3) is 4.89. The first-order valence-electron chi connectivity index (χ1n) is 8.13. The molecule has 0 saturated carbocycles. The fourth-order valence-electron chi connectivity index (χ4n) is 2.62. The SMILES string of the molecule is Cc1ccc(CCC(Cn2ccnc2)Sc2ccccc2Cl)cc1. The average Bonchev–Trinajstić information content (AvgIpc) is 3.09. The number of hydrogen-bond acceptors (Lipinski definition) is 2. The van der Waals surface area contributed by atoms with Gasteiger partial charge in [-0.25, -0.2) is 4.98 Å². The number of aryl methyl sites for hydroxylation is 2. The Kier molecular flexibility index (Phi) is 6.00. The lowest BCUT2D eigenvalue weighted by molar-refractivity contribution is 0.624. The summed E-state index contributed by atoms with van der Waals surface area (Å²) in [4.78, 5) is 5.30. The number of benzene rings is 2. The summed E-state index contributed by atoms with van der Waals surface area (Å²) >= 11 is 8.20. The first kappa shape index (κ1) is 17.1. The molecular formula is C20H21ClN2S. The zero-order chi connectivity index (χ0) is 16.8. The molecular weight excluding hydrogens is 336 g/mol. The lowest BCUT2D eigenvalue weighted by Crippen LogP contribution is -2.13. The second-order valence-electron chi connectivity index (χ2n) is 5.95. The van der Waals surface area contributed by atoms with Gasteiger partial charge in [-0.2, -0.15) is 0 Å². The van der Waals surface area contributed by atoms with Crippen LogP contribution in [0.1, 0.15) is 17.5 Å². The van der Waals surface area contributed by atoms with E-state index in [0.29, 0.717) is 5.25 Å². The van der Waals surface area contributed by atoms with Gasteiger partial charge in [-0.05, 0) is 37.5 Å². The summed E-state index contributed by atoms with van der Waals surface area (Å²) < 4.78 is 2.14. The Morgan fingerprint density at radius 3 is 2.62 bits per heavy atom. The smallest absolute Gasteiger partial charge is 0.0946 e. The molecule has 3 rings (SSSR count). The zero-order valence-electron chi connectivity index (χ0n) is 13.7. The monoisotopic (exact) mass is 356 g/mol. The van der Waals surface area contributed by atoms with Crippen molar-refractivity contribution in [1.29, 1.82) is 0 Å². The molecule has 4 heteroatoms. The maximum Gasteiger partial charge on any atom is 0.0946 e. The zero-order valence-corrected chi connectivity index (χ0v) is 15.3. The highest BCUT2D eigenvalue weighted by Gasteiger charge is 2.13. The van der Waals surface area contributed by atoms with Crippen LogP contribution >= 0.6 is 23.4 Å². The lowest BCUT2D eigenvalue weighted by Gasteiger charge is -2.18. The topological polar surface area (TPSA) is 17.8 Å². The summed E-state index contributed by atoms with van der Waals surface area (Å²) in [5.41, 5.74) is 2.69. The highest BCUT2D eigenvalue weighted by Crippen LogP contribution is 2.32. The van der Waals surface area contributed by atoms with Crippen molar-refractivity contribution in [3.05, 3.63) is 83.4 Å². The highest BCUT2D eigenvalue weighted by atomic mass is 35.5. The molecule has 1 atom stereocenters. The van der Waals surface area contributed by atoms with E-state index in [-0.39, 0.29) is 0 Å². The van der Waals surface area contributed by atoms with Crippen molar-refractivity contribution < 1.29 is 0 Å². The number of imidazole rings is 1. The molecule has 0 fully saturated rings. The van der Waals surface area contributed by atoms with Crippen LogP contribution in [0.25, 0.3) is 0 Å². The van der Waals surface area contributed by atoms with Crippen LogP contribution in [-0.2, 0) is 13.0 Å². The van der Waals surface area contributed by atoms with Gasteiger partial charge in [-0.1, -0.05) is 53.6 Å². The summed E-state index contributed by atoms with van der Waals surface area (Å²) in [5, 5.41) is 1.27. The standard InChI is InChI=1S/C20H21ClN2S/c1-16-6-8-17(9-7-16)10-11-18(14-23-13-12-22-15-23)24-20-5-3-2-4-19(20)21/h2-9,12-13,15,18H,10-11,14H2,1H3. The molecule has 0 bridgehead atoms. The van der Waals surface area contributed by atoms with E-state index in [1.165, 1.54) is 11.1 Å². The van der Waals surface area contributed by atoms with E-state index in [9.17, 15) is 0 Å². The largest absolute Gasteiger partial charge is 0.336 e. The van der Waals surface area contributed by atoms with Crippen molar-refractivity contribution in [2.75, 3.05) is 0 Å². The Morgan fingerprint density at radius 1 is 1.12 bits per heavy atom. The number of aromatic nitrogens is 2. The molecule has 1 heterocycles. The fraction of sp³-hybridized carbons (Fsp3) is 0.250. The van der Waals surface area contributed by atoms with Gasteiger partial charge < -0.3 is 4.57 Å². The van der Waals surface area contributed by atoms with E-state index in [1.807, 2.05) is 48.7 Å². The summed E-state index contributed by atoms with van der Waals surface area (Å²) in [6.45, 7) is 3.06. The first-order valence-corrected chi connectivity index (χ1v) is 9.39. The van der Waals surface area contributed by atoms with Crippen LogP contribution in [0.2, 0.25) is 5.02 Å². The van der Waals surface area contributed by atoms with Crippen LogP contribution in [0.5, 0.6) is 0 Å². The number of nitrogens with zero attached hydrogens (tertiary/aromatic N) is 2. The van der Waals surface area contributed by atoms with Crippen LogP contribution in [0, 0.1) is 6.92 Å². The fourth-order valence-corrected chi connectivity index (χ4v) is 4.07. The summed E-state index contributed by atoms with van der Waals surface area (Å²) in [6, 6.07) is 16.9. The number of rotatable bonds is 7. The molecule has 1 aromatic heterocycles. The number of halogens is 1. The third-order valence-electron chi connectivity index (χ3n) is 3.98. The minimum atomic E-state index is 0.445. The predicted molar refractivity (Wildman–Crippen MR) is 103 cm³/mol. The Balaban J connectivity index is 1.69. The molecule has 124 valence electrons. The van der Waals surface area contributed by atoms with Gasteiger partial charge in [0.25, 0.3) is 0 Å². The second-order valence-corrected chi connectivity index (χ2v) is 7.70. The van der Waals surface area contributed by atoms with E-state index < -0.39 is 0 Å². The van der Waals surface area contributed by atoms with Crippen LogP contribution in [0.3, 0.4) is 0 Å². The first-order chi connectivity index (χ1) is 11.7. The third-order valence-corrected chi connectivity index (χ3v) is 5.75. The van der Waals surface area contributed by atoms with E-state index in [1.54, 1.807) is 0 Å². The van der Waals surface area contributed by atoms with Crippen molar-refractivity contribution >= 4 is 23.4 Å². The predicted octanol–water partition coefficient (Wildman–Crippen LogP) is 5.64. The summed E-state index contributed by atoms with van der Waals surface area (Å²) in [5.74, 6) is 0. The van der Waals surface area contributed by atoms with Crippen LogP contribution in [0.15, 0.2) is 72.1 Å². The van der Waals surface area contributed by atoms with E-state index >= 15 is 0 Å². The molecule has 0 aliphatic heterocycles. The molecule has 0 amide bonds. The Bertz CT molecular complexity index is 754. The van der Waals surface area contributed by atoms with Crippen LogP contribution < -0.4 is 0 Å². The minimum Gasteiger partial charge on any atom is -0.336 e. The van der Waals surface area contributed by atoms with Gasteiger partial charge in [-0.3, -0.25) is 0 Å². The molecule has 0 radical (unpaired) electrons. The van der Waals surface area contributed by atoms with Crippen molar-refractivity contribution in [2.24, 2.45) is 0 Å². The minimum absolute atomic E-state index is 0.445. The summed E-state index contributed by atoms with van der Waals surface area (Å²) in [7, 11) is 0. The Morgan fingerprint density at radius 2 is 1.92 bits per heavy atom. The lowest BCUT2D eigenvalue weighted by atomic mass is 10.1. The molecule has 0 aliphatic carbocycles. The maximum absolute atomic E-state index is 6.34. The highest BCUT2D eigenvalue weighted by molar-refractivity contribution is 8.00. The quantitative estimate of drug-likeness (QED) is 0.510. The molecule has 24 heavy (non-hydrogen) atoms. The molecule has 2 aromatic carbocycles. The second kappa shape index (κ2) is 8.41. The van der Waals surface area contributed by atoms with Crippen molar-refractivity contribution in [3.8, 4) is 0 Å². The van der Waals surface area contributed by atoms with E-state index in [0.717, 1.165) is 29.3 Å². The van der Waals surface area contributed by atoms with Crippen molar-refractivity contribution in [2.45, 2.75) is 36.5 Å². The summed E-state index contributed by atoms with van der Waals surface area (Å²) in [6.07, 6.45) is 7.89. The number of thioether (sulfide) groups is 1. The van der Waals surface area contributed by atoms with Crippen LogP contribution in [-0.4, -0.2) is 14.8 Å². The van der Waals surface area contributed by atoms with Gasteiger partial charge in [0.1, 0.15) is 0 Å². The molecule has 0 spiro atoms. The van der Waals surface area contributed by atoms with Gasteiger partial charge >= 0.3 is 0 Å². The normalized spacial score (nSPS) is 12.2. The molecule has 0 aliphatic rings. The molecule has 0 saturated heterocycles. The van der Waals surface area contributed by atoms with Gasteiger partial charge in [0.05, 0.1) is 11.3 Å². The molecule has 2 nitrogen and oxygen atoms in total. The van der Waals surface area contributed by atoms with Crippen molar-refractivity contribution in [3.63, 3.8) is 0 Å². The van der Waals surface area contributed by atoms with E-state index in [4.69, 9.17) is 11.6 Å². The maximum atomic E-state index is 6.34. The van der Waals surface area contributed by atoms with Gasteiger partial charge in [0.15, 0.2) is 0 Å². The molecule has 3 aromatic rings. The van der Waals surface area contributed by atoms with Crippen LogP contribution in [0.4, 0.5) is 0 Å². The molecule has 0 N–H and O–H groups in total. The Hall–Kier alpha value is -1.71. The van der Waals surface area contributed by atoms with Gasteiger partial charge in [0, 0.05) is 29.1 Å². The average molecular weight is 357 g/mol. The Labute approximate surface area is 152 Å². The van der Waals surface area contributed by atoms with E-state index in [2.05, 4.69) is 46.8 Å².